The molecule has 0 amide bonds. The van der Waals surface area contributed by atoms with Crippen LogP contribution in [-0.4, -0.2) is 36.0 Å². The summed E-state index contributed by atoms with van der Waals surface area (Å²) in [4.78, 5) is 4.11. The van der Waals surface area contributed by atoms with Crippen LogP contribution in [0.4, 0.5) is 13.2 Å². The third-order valence-corrected chi connectivity index (χ3v) is 2.22. The second-order valence-corrected chi connectivity index (χ2v) is 3.65. The van der Waals surface area contributed by atoms with Gasteiger partial charge in [0.2, 0.25) is 0 Å². The number of hydrogen-bond acceptors (Lipinski definition) is 3. The molecule has 0 fully saturated rings. The van der Waals surface area contributed by atoms with Gasteiger partial charge in [0, 0.05) is 19.3 Å². The maximum Gasteiger partial charge on any atom is 0.411 e. The lowest BCUT2D eigenvalue weighted by molar-refractivity contribution is -0.174. The zero-order valence-electron chi connectivity index (χ0n) is 9.84. The molecule has 1 heterocycles. The standard InChI is InChI=1S/C10H16F3N3O/c1-8-15-6-9(5-14-2)16(8)3-4-17-7-10(11,12)13/h6,14H,3-5,7H2,1-2H3. The molecule has 1 rings (SSSR count). The zero-order valence-corrected chi connectivity index (χ0v) is 9.84. The van der Waals surface area contributed by atoms with Gasteiger partial charge in [0.15, 0.2) is 0 Å². The largest absolute Gasteiger partial charge is 0.411 e. The summed E-state index contributed by atoms with van der Waals surface area (Å²) in [7, 11) is 1.80. The van der Waals surface area contributed by atoms with Crippen LogP contribution >= 0.6 is 0 Å². The average Bonchev–Trinajstić information content (AvgIpc) is 2.55. The number of hydrogen-bond donors (Lipinski definition) is 1. The summed E-state index contributed by atoms with van der Waals surface area (Å²) in [5.41, 5.74) is 0.931. The fraction of sp³-hybridized carbons (Fsp3) is 0.700. The molecule has 0 aromatic carbocycles. The number of aryl methyl sites for hydroxylation is 1. The summed E-state index contributed by atoms with van der Waals surface area (Å²) in [6.07, 6.45) is -2.56. The number of rotatable bonds is 6. The summed E-state index contributed by atoms with van der Waals surface area (Å²) in [6, 6.07) is 0. The molecule has 17 heavy (non-hydrogen) atoms. The fourth-order valence-corrected chi connectivity index (χ4v) is 1.49. The van der Waals surface area contributed by atoms with Crippen LogP contribution in [0.2, 0.25) is 0 Å². The zero-order chi connectivity index (χ0) is 12.9. The minimum Gasteiger partial charge on any atom is -0.370 e. The Hall–Kier alpha value is -1.08. The van der Waals surface area contributed by atoms with Crippen LogP contribution in [0.15, 0.2) is 6.20 Å². The fourth-order valence-electron chi connectivity index (χ4n) is 1.49. The van der Waals surface area contributed by atoms with Gasteiger partial charge in [-0.15, -0.1) is 0 Å². The highest BCUT2D eigenvalue weighted by Crippen LogP contribution is 2.14. The van der Waals surface area contributed by atoms with Gasteiger partial charge in [0.1, 0.15) is 12.4 Å². The summed E-state index contributed by atoms with van der Waals surface area (Å²) in [5, 5.41) is 2.97. The molecule has 1 N–H and O–H groups in total. The number of alkyl halides is 3. The molecule has 0 spiro atoms. The van der Waals surface area contributed by atoms with E-state index < -0.39 is 12.8 Å². The predicted octanol–water partition coefficient (Wildman–Crippen LogP) is 1.49. The normalized spacial score (nSPS) is 12.1. The Morgan fingerprint density at radius 3 is 2.76 bits per heavy atom. The molecular weight excluding hydrogens is 235 g/mol. The SMILES string of the molecule is CNCc1cnc(C)n1CCOCC(F)(F)F. The van der Waals surface area contributed by atoms with Gasteiger partial charge in [-0.25, -0.2) is 4.98 Å². The van der Waals surface area contributed by atoms with Gasteiger partial charge in [-0.05, 0) is 14.0 Å². The molecular formula is C10H16F3N3O. The average molecular weight is 251 g/mol. The maximum absolute atomic E-state index is 11.8. The smallest absolute Gasteiger partial charge is 0.370 e. The molecule has 0 aliphatic carbocycles. The Morgan fingerprint density at radius 2 is 2.18 bits per heavy atom. The molecule has 0 saturated heterocycles. The van der Waals surface area contributed by atoms with Crippen LogP contribution < -0.4 is 5.32 Å². The lowest BCUT2D eigenvalue weighted by Gasteiger charge is -2.11. The van der Waals surface area contributed by atoms with E-state index in [-0.39, 0.29) is 6.61 Å². The van der Waals surface area contributed by atoms with E-state index in [9.17, 15) is 13.2 Å². The van der Waals surface area contributed by atoms with E-state index in [2.05, 4.69) is 15.0 Å². The number of nitrogens with one attached hydrogen (secondary N) is 1. The van der Waals surface area contributed by atoms with E-state index in [1.54, 1.807) is 13.2 Å². The molecule has 0 aliphatic rings. The first kappa shape index (κ1) is 14.0. The minimum atomic E-state index is -4.27. The third kappa shape index (κ3) is 4.74. The lowest BCUT2D eigenvalue weighted by atomic mass is 10.4. The van der Waals surface area contributed by atoms with Crippen molar-refractivity contribution in [2.45, 2.75) is 26.2 Å². The predicted molar refractivity (Wildman–Crippen MR) is 56.6 cm³/mol. The Morgan fingerprint density at radius 1 is 1.47 bits per heavy atom. The third-order valence-electron chi connectivity index (χ3n) is 2.22. The van der Waals surface area contributed by atoms with Crippen molar-refractivity contribution in [1.82, 2.24) is 14.9 Å². The maximum atomic E-state index is 11.8. The van der Waals surface area contributed by atoms with E-state index >= 15 is 0 Å². The van der Waals surface area contributed by atoms with E-state index in [0.717, 1.165) is 11.5 Å². The molecule has 4 nitrogen and oxygen atoms in total. The number of nitrogens with zero attached hydrogens (tertiary/aromatic N) is 2. The number of ether oxygens (including phenoxy) is 1. The first-order chi connectivity index (χ1) is 7.94. The highest BCUT2D eigenvalue weighted by Gasteiger charge is 2.27. The molecule has 0 radical (unpaired) electrons. The van der Waals surface area contributed by atoms with Gasteiger partial charge in [0.25, 0.3) is 0 Å². The second kappa shape index (κ2) is 6.02. The Kier molecular flexibility index (Phi) is 4.95. The minimum absolute atomic E-state index is 0.0213. The van der Waals surface area contributed by atoms with Crippen molar-refractivity contribution >= 4 is 0 Å². The van der Waals surface area contributed by atoms with E-state index in [1.165, 1.54) is 0 Å². The van der Waals surface area contributed by atoms with Crippen molar-refractivity contribution in [2.24, 2.45) is 0 Å². The van der Waals surface area contributed by atoms with Crippen LogP contribution in [0.3, 0.4) is 0 Å². The first-order valence-electron chi connectivity index (χ1n) is 5.24. The molecule has 0 unspecified atom stereocenters. The highest BCUT2D eigenvalue weighted by molar-refractivity contribution is 5.04. The topological polar surface area (TPSA) is 39.1 Å². The number of aromatic nitrogens is 2. The van der Waals surface area contributed by atoms with Crippen LogP contribution in [0, 0.1) is 6.92 Å². The molecule has 1 aromatic heterocycles. The molecule has 98 valence electrons. The van der Waals surface area contributed by atoms with E-state index in [1.807, 2.05) is 11.5 Å². The van der Waals surface area contributed by atoms with Gasteiger partial charge in [-0.1, -0.05) is 0 Å². The Labute approximate surface area is 97.8 Å². The van der Waals surface area contributed by atoms with Crippen LogP contribution in [-0.2, 0) is 17.8 Å². The van der Waals surface area contributed by atoms with E-state index in [0.29, 0.717) is 13.1 Å². The van der Waals surface area contributed by atoms with Crippen LogP contribution in [0.5, 0.6) is 0 Å². The van der Waals surface area contributed by atoms with Crippen molar-refractivity contribution in [1.29, 1.82) is 0 Å². The molecule has 0 aliphatic heterocycles. The molecule has 0 bridgehead atoms. The summed E-state index contributed by atoms with van der Waals surface area (Å²) in [6.45, 7) is 1.62. The quantitative estimate of drug-likeness (QED) is 0.779. The van der Waals surface area contributed by atoms with Gasteiger partial charge in [-0.2, -0.15) is 13.2 Å². The summed E-state index contributed by atoms with van der Waals surface area (Å²) >= 11 is 0. The van der Waals surface area contributed by atoms with Crippen LogP contribution in [0.1, 0.15) is 11.5 Å². The van der Waals surface area contributed by atoms with Gasteiger partial charge < -0.3 is 14.6 Å². The van der Waals surface area contributed by atoms with Crippen LogP contribution in [0.25, 0.3) is 0 Å². The van der Waals surface area contributed by atoms with Crippen molar-refractivity contribution in [3.8, 4) is 0 Å². The van der Waals surface area contributed by atoms with Crippen molar-refractivity contribution in [3.63, 3.8) is 0 Å². The Balaban J connectivity index is 2.43. The molecule has 7 heteroatoms. The number of halogens is 3. The van der Waals surface area contributed by atoms with E-state index in [4.69, 9.17) is 0 Å². The molecule has 0 atom stereocenters. The Bertz CT molecular complexity index is 349. The van der Waals surface area contributed by atoms with Crippen molar-refractivity contribution < 1.29 is 17.9 Å². The van der Waals surface area contributed by atoms with Gasteiger partial charge >= 0.3 is 6.18 Å². The second-order valence-electron chi connectivity index (χ2n) is 3.65. The van der Waals surface area contributed by atoms with Gasteiger partial charge in [0.05, 0.1) is 12.3 Å². The monoisotopic (exact) mass is 251 g/mol. The number of imidazole rings is 1. The molecule has 0 saturated carbocycles. The van der Waals surface area contributed by atoms with Crippen molar-refractivity contribution in [2.75, 3.05) is 20.3 Å². The van der Waals surface area contributed by atoms with Crippen molar-refractivity contribution in [3.05, 3.63) is 17.7 Å². The summed E-state index contributed by atoms with van der Waals surface area (Å²) < 4.78 is 41.9. The highest BCUT2D eigenvalue weighted by atomic mass is 19.4. The summed E-state index contributed by atoms with van der Waals surface area (Å²) in [5.74, 6) is 0.769. The van der Waals surface area contributed by atoms with Gasteiger partial charge in [-0.3, -0.25) is 0 Å². The lowest BCUT2D eigenvalue weighted by Crippen LogP contribution is -2.20. The molecule has 1 aromatic rings. The first-order valence-corrected chi connectivity index (χ1v) is 5.24.